The van der Waals surface area contributed by atoms with Gasteiger partial charge in [-0.15, -0.1) is 0 Å². The average Bonchev–Trinajstić information content (AvgIpc) is 2.89. The number of nitrogens with one attached hydrogen (secondary N) is 1. The molecule has 0 spiro atoms. The minimum atomic E-state index is 0.0284. The van der Waals surface area contributed by atoms with E-state index in [4.69, 9.17) is 5.73 Å². The van der Waals surface area contributed by atoms with Gasteiger partial charge in [-0.3, -0.25) is 9.89 Å². The number of nitrogens with zero attached hydrogens (tertiary/aromatic N) is 2. The third-order valence-corrected chi connectivity index (χ3v) is 3.91. The molecule has 86 valence electrons. The van der Waals surface area contributed by atoms with Crippen molar-refractivity contribution in [1.29, 1.82) is 0 Å². The highest BCUT2D eigenvalue weighted by Crippen LogP contribution is 2.38. The normalized spacial score (nSPS) is 28.4. The van der Waals surface area contributed by atoms with Crippen molar-refractivity contribution >= 4 is 11.7 Å². The Balaban J connectivity index is 1.75. The Morgan fingerprint density at radius 3 is 2.69 bits per heavy atom. The standard InChI is InChI=1S/C11H16N4O/c12-10-9(4-13-14-10)11(16)15-5-7-2-1-3-8(7)6-15/h4,7-8H,1-3,5-6H2,(H3,12,13,14). The molecule has 2 atom stereocenters. The number of hydrogen-bond donors (Lipinski definition) is 2. The Hall–Kier alpha value is -1.52. The van der Waals surface area contributed by atoms with E-state index in [2.05, 4.69) is 10.2 Å². The van der Waals surface area contributed by atoms with E-state index in [9.17, 15) is 4.79 Å². The zero-order valence-electron chi connectivity index (χ0n) is 9.15. The third-order valence-electron chi connectivity index (χ3n) is 3.91. The summed E-state index contributed by atoms with van der Waals surface area (Å²) in [5.41, 5.74) is 6.17. The maximum atomic E-state index is 12.1. The van der Waals surface area contributed by atoms with Crippen LogP contribution in [0, 0.1) is 11.8 Å². The van der Waals surface area contributed by atoms with Gasteiger partial charge in [-0.1, -0.05) is 6.42 Å². The Kier molecular flexibility index (Phi) is 2.12. The fourth-order valence-corrected chi connectivity index (χ4v) is 3.04. The van der Waals surface area contributed by atoms with Gasteiger partial charge in [0.2, 0.25) is 0 Å². The number of amides is 1. The smallest absolute Gasteiger partial charge is 0.259 e. The average molecular weight is 220 g/mol. The SMILES string of the molecule is Nc1[nH]ncc1C(=O)N1CC2CCCC2C1. The predicted octanol–water partition coefficient (Wildman–Crippen LogP) is 0.864. The molecule has 1 saturated carbocycles. The first-order chi connectivity index (χ1) is 7.75. The van der Waals surface area contributed by atoms with Crippen LogP contribution < -0.4 is 5.73 Å². The molecule has 3 N–H and O–H groups in total. The van der Waals surface area contributed by atoms with Crippen LogP contribution in [0.2, 0.25) is 0 Å². The number of likely N-dealkylation sites (tertiary alicyclic amines) is 1. The van der Waals surface area contributed by atoms with Gasteiger partial charge in [0.05, 0.1) is 6.20 Å². The lowest BCUT2D eigenvalue weighted by molar-refractivity contribution is 0.0782. The lowest BCUT2D eigenvalue weighted by Crippen LogP contribution is -2.29. The van der Waals surface area contributed by atoms with E-state index < -0.39 is 0 Å². The van der Waals surface area contributed by atoms with E-state index in [0.29, 0.717) is 11.4 Å². The van der Waals surface area contributed by atoms with E-state index in [1.165, 1.54) is 25.5 Å². The quantitative estimate of drug-likeness (QED) is 0.737. The molecule has 2 aliphatic rings. The summed E-state index contributed by atoms with van der Waals surface area (Å²) in [6.07, 6.45) is 5.39. The van der Waals surface area contributed by atoms with Gasteiger partial charge in [0.1, 0.15) is 11.4 Å². The number of rotatable bonds is 1. The molecule has 1 aromatic heterocycles. The van der Waals surface area contributed by atoms with E-state index in [-0.39, 0.29) is 5.91 Å². The van der Waals surface area contributed by atoms with Gasteiger partial charge < -0.3 is 10.6 Å². The van der Waals surface area contributed by atoms with E-state index >= 15 is 0 Å². The molecule has 1 aliphatic carbocycles. The lowest BCUT2D eigenvalue weighted by Gasteiger charge is -2.16. The molecule has 2 fully saturated rings. The fourth-order valence-electron chi connectivity index (χ4n) is 3.04. The van der Waals surface area contributed by atoms with Crippen LogP contribution in [-0.2, 0) is 0 Å². The van der Waals surface area contributed by atoms with Crippen molar-refractivity contribution in [2.45, 2.75) is 19.3 Å². The van der Waals surface area contributed by atoms with Gasteiger partial charge in [-0.05, 0) is 24.7 Å². The third kappa shape index (κ3) is 1.38. The van der Waals surface area contributed by atoms with Crippen molar-refractivity contribution in [3.8, 4) is 0 Å². The fraction of sp³-hybridized carbons (Fsp3) is 0.636. The second kappa shape index (κ2) is 3.50. The van der Waals surface area contributed by atoms with E-state index in [1.54, 1.807) is 0 Å². The molecule has 5 heteroatoms. The second-order valence-corrected chi connectivity index (χ2v) is 4.86. The minimum Gasteiger partial charge on any atom is -0.383 e. The summed E-state index contributed by atoms with van der Waals surface area (Å²) in [6.45, 7) is 1.79. The molecular formula is C11H16N4O. The van der Waals surface area contributed by atoms with Crippen LogP contribution in [0.3, 0.4) is 0 Å². The number of H-pyrrole nitrogens is 1. The highest BCUT2D eigenvalue weighted by molar-refractivity contribution is 5.98. The number of aromatic nitrogens is 2. The first-order valence-electron chi connectivity index (χ1n) is 5.84. The first kappa shape index (κ1) is 9.69. The molecule has 1 aromatic rings. The van der Waals surface area contributed by atoms with Crippen LogP contribution in [-0.4, -0.2) is 34.1 Å². The summed E-state index contributed by atoms with van der Waals surface area (Å²) in [6, 6.07) is 0. The molecule has 1 saturated heterocycles. The summed E-state index contributed by atoms with van der Waals surface area (Å²) in [5.74, 6) is 1.84. The number of anilines is 1. The highest BCUT2D eigenvalue weighted by Gasteiger charge is 2.38. The highest BCUT2D eigenvalue weighted by atomic mass is 16.2. The van der Waals surface area contributed by atoms with Gasteiger partial charge >= 0.3 is 0 Å². The first-order valence-corrected chi connectivity index (χ1v) is 5.84. The second-order valence-electron chi connectivity index (χ2n) is 4.86. The summed E-state index contributed by atoms with van der Waals surface area (Å²) in [4.78, 5) is 14.1. The molecule has 1 amide bonds. The summed E-state index contributed by atoms with van der Waals surface area (Å²) >= 11 is 0. The minimum absolute atomic E-state index is 0.0284. The Morgan fingerprint density at radius 1 is 1.44 bits per heavy atom. The molecule has 2 unspecified atom stereocenters. The zero-order valence-corrected chi connectivity index (χ0v) is 9.15. The van der Waals surface area contributed by atoms with Crippen molar-refractivity contribution < 1.29 is 4.79 Å². The predicted molar refractivity (Wildman–Crippen MR) is 59.7 cm³/mol. The zero-order chi connectivity index (χ0) is 11.1. The van der Waals surface area contributed by atoms with Crippen LogP contribution in [0.15, 0.2) is 6.20 Å². The van der Waals surface area contributed by atoms with Crippen molar-refractivity contribution in [3.05, 3.63) is 11.8 Å². The Morgan fingerprint density at radius 2 is 2.12 bits per heavy atom. The van der Waals surface area contributed by atoms with Crippen molar-refractivity contribution in [2.75, 3.05) is 18.8 Å². The summed E-state index contributed by atoms with van der Waals surface area (Å²) in [5, 5.41) is 6.39. The number of fused-ring (bicyclic) bond motifs is 1. The molecule has 16 heavy (non-hydrogen) atoms. The molecule has 3 rings (SSSR count). The summed E-state index contributed by atoms with van der Waals surface area (Å²) < 4.78 is 0. The molecule has 2 heterocycles. The number of nitrogens with two attached hydrogens (primary N) is 1. The topological polar surface area (TPSA) is 75.0 Å². The van der Waals surface area contributed by atoms with Gasteiger partial charge in [-0.2, -0.15) is 5.10 Å². The van der Waals surface area contributed by atoms with Crippen molar-refractivity contribution in [3.63, 3.8) is 0 Å². The van der Waals surface area contributed by atoms with Gasteiger partial charge in [0.15, 0.2) is 0 Å². The van der Waals surface area contributed by atoms with Crippen LogP contribution in [0.25, 0.3) is 0 Å². The number of hydrogen-bond acceptors (Lipinski definition) is 3. The van der Waals surface area contributed by atoms with Crippen LogP contribution >= 0.6 is 0 Å². The van der Waals surface area contributed by atoms with E-state index in [0.717, 1.165) is 24.9 Å². The molecule has 1 aliphatic heterocycles. The number of aromatic amines is 1. The molecule has 0 radical (unpaired) electrons. The van der Waals surface area contributed by atoms with Crippen LogP contribution in [0.5, 0.6) is 0 Å². The number of carbonyl (C=O) groups is 1. The van der Waals surface area contributed by atoms with Crippen molar-refractivity contribution in [2.24, 2.45) is 11.8 Å². The Labute approximate surface area is 94.0 Å². The number of carbonyl (C=O) groups excluding carboxylic acids is 1. The number of nitrogen functional groups attached to an aromatic ring is 1. The van der Waals surface area contributed by atoms with Crippen molar-refractivity contribution in [1.82, 2.24) is 15.1 Å². The van der Waals surface area contributed by atoms with E-state index in [1.807, 2.05) is 4.90 Å². The lowest BCUT2D eigenvalue weighted by atomic mass is 10.0. The molecule has 0 aromatic carbocycles. The maximum Gasteiger partial charge on any atom is 0.259 e. The molecule has 5 nitrogen and oxygen atoms in total. The molecular weight excluding hydrogens is 204 g/mol. The van der Waals surface area contributed by atoms with Crippen LogP contribution in [0.1, 0.15) is 29.6 Å². The van der Waals surface area contributed by atoms with Gasteiger partial charge in [-0.25, -0.2) is 0 Å². The largest absolute Gasteiger partial charge is 0.383 e. The monoisotopic (exact) mass is 220 g/mol. The summed E-state index contributed by atoms with van der Waals surface area (Å²) in [7, 11) is 0. The maximum absolute atomic E-state index is 12.1. The Bertz CT molecular complexity index is 402. The van der Waals surface area contributed by atoms with Crippen LogP contribution in [0.4, 0.5) is 5.82 Å². The van der Waals surface area contributed by atoms with Gasteiger partial charge in [0, 0.05) is 13.1 Å². The van der Waals surface area contributed by atoms with Gasteiger partial charge in [0.25, 0.3) is 5.91 Å². The molecule has 0 bridgehead atoms.